The van der Waals surface area contributed by atoms with Gasteiger partial charge in [0.05, 0.1) is 0 Å². The van der Waals surface area contributed by atoms with E-state index in [1.54, 1.807) is 13.4 Å². The van der Waals surface area contributed by atoms with Crippen LogP contribution in [0.3, 0.4) is 0 Å². The van der Waals surface area contributed by atoms with Gasteiger partial charge in [-0.2, -0.15) is 0 Å². The molecule has 1 aliphatic rings. The Hall–Kier alpha value is -1.16. The quantitative estimate of drug-likeness (QED) is 0.622. The molecule has 1 N–H and O–H groups in total. The molecule has 1 aliphatic carbocycles. The van der Waals surface area contributed by atoms with Crippen LogP contribution in [-0.4, -0.2) is 30.2 Å². The van der Waals surface area contributed by atoms with E-state index in [0.717, 1.165) is 44.7 Å². The van der Waals surface area contributed by atoms with Gasteiger partial charge in [0.15, 0.2) is 0 Å². The summed E-state index contributed by atoms with van der Waals surface area (Å²) in [6, 6.07) is 0. The number of anilines is 1. The Morgan fingerprint density at radius 1 is 1.17 bits per heavy atom. The summed E-state index contributed by atoms with van der Waals surface area (Å²) in [5.41, 5.74) is 2.60. The number of ether oxygens (including phenoxy) is 1. The zero-order valence-electron chi connectivity index (χ0n) is 11.2. The van der Waals surface area contributed by atoms with E-state index in [2.05, 4.69) is 15.3 Å². The van der Waals surface area contributed by atoms with Crippen LogP contribution in [0.1, 0.15) is 43.4 Å². The molecule has 0 aliphatic heterocycles. The summed E-state index contributed by atoms with van der Waals surface area (Å²) in [7, 11) is 1.75. The molecule has 2 rings (SSSR count). The van der Waals surface area contributed by atoms with Crippen molar-refractivity contribution in [3.63, 3.8) is 0 Å². The summed E-state index contributed by atoms with van der Waals surface area (Å²) in [6.45, 7) is 1.80. The molecule has 1 heterocycles. The molecule has 0 atom stereocenters. The van der Waals surface area contributed by atoms with Crippen molar-refractivity contribution < 1.29 is 4.74 Å². The largest absolute Gasteiger partial charge is 0.385 e. The molecule has 100 valence electrons. The van der Waals surface area contributed by atoms with Gasteiger partial charge in [-0.25, -0.2) is 9.97 Å². The molecule has 0 saturated heterocycles. The normalized spacial score (nSPS) is 14.9. The van der Waals surface area contributed by atoms with Crippen molar-refractivity contribution in [2.75, 3.05) is 25.6 Å². The number of rotatable bonds is 6. The Labute approximate surface area is 109 Å². The Morgan fingerprint density at radius 2 is 2.06 bits per heavy atom. The molecule has 0 aromatic carbocycles. The smallest absolute Gasteiger partial charge is 0.132 e. The van der Waals surface area contributed by atoms with Crippen molar-refractivity contribution in [3.05, 3.63) is 17.6 Å². The van der Waals surface area contributed by atoms with Crippen LogP contribution >= 0.6 is 0 Å². The van der Waals surface area contributed by atoms with Crippen LogP contribution in [0.15, 0.2) is 6.33 Å². The molecule has 0 amide bonds. The predicted molar refractivity (Wildman–Crippen MR) is 72.9 cm³/mol. The highest BCUT2D eigenvalue weighted by molar-refractivity contribution is 5.46. The monoisotopic (exact) mass is 249 g/mol. The fourth-order valence-corrected chi connectivity index (χ4v) is 2.43. The van der Waals surface area contributed by atoms with Crippen molar-refractivity contribution in [1.82, 2.24) is 9.97 Å². The summed E-state index contributed by atoms with van der Waals surface area (Å²) in [4.78, 5) is 8.82. The maximum absolute atomic E-state index is 5.05. The molecular formula is C14H23N3O. The third-order valence-corrected chi connectivity index (χ3v) is 3.44. The van der Waals surface area contributed by atoms with Gasteiger partial charge >= 0.3 is 0 Å². The van der Waals surface area contributed by atoms with Gasteiger partial charge in [-0.05, 0) is 38.5 Å². The van der Waals surface area contributed by atoms with E-state index in [4.69, 9.17) is 4.74 Å². The lowest BCUT2D eigenvalue weighted by Crippen LogP contribution is -2.09. The molecule has 18 heavy (non-hydrogen) atoms. The number of aryl methyl sites for hydroxylation is 1. The van der Waals surface area contributed by atoms with Crippen molar-refractivity contribution >= 4 is 5.82 Å². The molecule has 0 radical (unpaired) electrons. The first-order chi connectivity index (χ1) is 8.92. The number of aromatic nitrogens is 2. The third kappa shape index (κ3) is 3.67. The van der Waals surface area contributed by atoms with Crippen LogP contribution < -0.4 is 5.32 Å². The summed E-state index contributed by atoms with van der Waals surface area (Å²) >= 11 is 0. The summed E-state index contributed by atoms with van der Waals surface area (Å²) in [5, 5.41) is 3.45. The van der Waals surface area contributed by atoms with Crippen molar-refractivity contribution in [3.8, 4) is 0 Å². The Morgan fingerprint density at radius 3 is 2.94 bits per heavy atom. The SMILES string of the molecule is COCCCCNc1ncnc2c1CCCCC2. The van der Waals surface area contributed by atoms with Crippen LogP contribution in [0.25, 0.3) is 0 Å². The number of nitrogens with zero attached hydrogens (tertiary/aromatic N) is 2. The Balaban J connectivity index is 1.91. The number of nitrogens with one attached hydrogen (secondary N) is 1. The van der Waals surface area contributed by atoms with Gasteiger partial charge in [0.1, 0.15) is 12.1 Å². The van der Waals surface area contributed by atoms with E-state index in [1.165, 1.54) is 30.5 Å². The van der Waals surface area contributed by atoms with Crippen LogP contribution in [0.2, 0.25) is 0 Å². The van der Waals surface area contributed by atoms with Gasteiger partial charge in [-0.1, -0.05) is 6.42 Å². The summed E-state index contributed by atoms with van der Waals surface area (Å²) in [5.74, 6) is 1.05. The molecule has 1 aromatic heterocycles. The highest BCUT2D eigenvalue weighted by Gasteiger charge is 2.13. The zero-order valence-corrected chi connectivity index (χ0v) is 11.2. The number of unbranched alkanes of at least 4 members (excludes halogenated alkanes) is 1. The van der Waals surface area contributed by atoms with Gasteiger partial charge < -0.3 is 10.1 Å². The molecule has 0 spiro atoms. The van der Waals surface area contributed by atoms with E-state index < -0.39 is 0 Å². The lowest BCUT2D eigenvalue weighted by Gasteiger charge is -2.12. The van der Waals surface area contributed by atoms with Crippen LogP contribution in [0.5, 0.6) is 0 Å². The number of hydrogen-bond donors (Lipinski definition) is 1. The maximum atomic E-state index is 5.05. The van der Waals surface area contributed by atoms with Crippen molar-refractivity contribution in [2.45, 2.75) is 44.9 Å². The molecule has 0 fully saturated rings. The molecule has 4 heteroatoms. The first kappa shape index (κ1) is 13.3. The molecule has 1 aromatic rings. The number of hydrogen-bond acceptors (Lipinski definition) is 4. The fourth-order valence-electron chi connectivity index (χ4n) is 2.43. The molecule has 4 nitrogen and oxygen atoms in total. The minimum absolute atomic E-state index is 0.837. The second-order valence-electron chi connectivity index (χ2n) is 4.83. The highest BCUT2D eigenvalue weighted by atomic mass is 16.5. The highest BCUT2D eigenvalue weighted by Crippen LogP contribution is 2.23. The third-order valence-electron chi connectivity index (χ3n) is 3.44. The van der Waals surface area contributed by atoms with Gasteiger partial charge in [0.25, 0.3) is 0 Å². The van der Waals surface area contributed by atoms with Gasteiger partial charge in [0.2, 0.25) is 0 Å². The van der Waals surface area contributed by atoms with Crippen LogP contribution in [0, 0.1) is 0 Å². The minimum atomic E-state index is 0.837. The number of methoxy groups -OCH3 is 1. The predicted octanol–water partition coefficient (Wildman–Crippen LogP) is 2.58. The summed E-state index contributed by atoms with van der Waals surface area (Å²) in [6.07, 6.45) is 9.97. The van der Waals surface area contributed by atoms with Crippen molar-refractivity contribution in [1.29, 1.82) is 0 Å². The van der Waals surface area contributed by atoms with E-state index in [0.29, 0.717) is 0 Å². The molecule has 0 saturated carbocycles. The van der Waals surface area contributed by atoms with Gasteiger partial charge in [0, 0.05) is 31.5 Å². The van der Waals surface area contributed by atoms with Gasteiger partial charge in [-0.15, -0.1) is 0 Å². The Bertz CT molecular complexity index is 368. The minimum Gasteiger partial charge on any atom is -0.385 e. The van der Waals surface area contributed by atoms with E-state index >= 15 is 0 Å². The molecule has 0 bridgehead atoms. The lowest BCUT2D eigenvalue weighted by molar-refractivity contribution is 0.194. The average Bonchev–Trinajstić information content (AvgIpc) is 2.64. The van der Waals surface area contributed by atoms with E-state index in [9.17, 15) is 0 Å². The average molecular weight is 249 g/mol. The lowest BCUT2D eigenvalue weighted by atomic mass is 10.1. The van der Waals surface area contributed by atoms with Crippen LogP contribution in [0.4, 0.5) is 5.82 Å². The summed E-state index contributed by atoms with van der Waals surface area (Å²) < 4.78 is 5.05. The second-order valence-corrected chi connectivity index (χ2v) is 4.83. The topological polar surface area (TPSA) is 47.0 Å². The van der Waals surface area contributed by atoms with E-state index in [-0.39, 0.29) is 0 Å². The van der Waals surface area contributed by atoms with E-state index in [1.807, 2.05) is 0 Å². The van der Waals surface area contributed by atoms with Gasteiger partial charge in [-0.3, -0.25) is 0 Å². The zero-order chi connectivity index (χ0) is 12.6. The molecule has 0 unspecified atom stereocenters. The first-order valence-electron chi connectivity index (χ1n) is 6.97. The second kappa shape index (κ2) is 7.31. The Kier molecular flexibility index (Phi) is 5.39. The van der Waals surface area contributed by atoms with Crippen LogP contribution in [-0.2, 0) is 17.6 Å². The standard InChI is InChI=1S/C14H23N3O/c1-18-10-6-5-9-15-14-12-7-3-2-4-8-13(12)16-11-17-14/h11H,2-10H2,1H3,(H,15,16,17). The fraction of sp³-hybridized carbons (Fsp3) is 0.714. The maximum Gasteiger partial charge on any atom is 0.132 e. The number of fused-ring (bicyclic) bond motifs is 1. The first-order valence-corrected chi connectivity index (χ1v) is 6.97. The van der Waals surface area contributed by atoms with Crippen molar-refractivity contribution in [2.24, 2.45) is 0 Å². The molecular weight excluding hydrogens is 226 g/mol.